The summed E-state index contributed by atoms with van der Waals surface area (Å²) in [4.78, 5) is 12.0. The topological polar surface area (TPSA) is 70.7 Å². The molecule has 3 rings (SSSR count). The second kappa shape index (κ2) is 5.38. The molecule has 1 heterocycles. The Bertz CT molecular complexity index is 572. The van der Waals surface area contributed by atoms with Crippen molar-refractivity contribution in [2.24, 2.45) is 5.92 Å². The van der Waals surface area contributed by atoms with Gasteiger partial charge >= 0.3 is 0 Å². The van der Waals surface area contributed by atoms with Gasteiger partial charge in [-0.2, -0.15) is 15.4 Å². The Morgan fingerprint density at radius 3 is 2.89 bits per heavy atom. The number of H-pyrrole nitrogens is 1. The van der Waals surface area contributed by atoms with Gasteiger partial charge < -0.3 is 5.32 Å². The lowest BCUT2D eigenvalue weighted by atomic mass is 10.0. The molecule has 0 unspecified atom stereocenters. The molecule has 0 bridgehead atoms. The summed E-state index contributed by atoms with van der Waals surface area (Å²) < 4.78 is 0. The molecule has 100 valence electrons. The van der Waals surface area contributed by atoms with E-state index in [-0.39, 0.29) is 5.91 Å². The van der Waals surface area contributed by atoms with Crippen molar-refractivity contribution in [2.45, 2.75) is 32.1 Å². The van der Waals surface area contributed by atoms with Crippen LogP contribution in [0.1, 0.15) is 42.5 Å². The Morgan fingerprint density at radius 1 is 1.26 bits per heavy atom. The van der Waals surface area contributed by atoms with Crippen molar-refractivity contribution in [3.05, 3.63) is 23.8 Å². The standard InChI is InChI=1S/C14H18N4O/c19-14(15-8-7-10-3-1-2-4-10)11-5-6-12-13(9-11)17-18-16-12/h5-6,9-10H,1-4,7-8H2,(H,15,19)(H,16,17,18). The number of amides is 1. The summed E-state index contributed by atoms with van der Waals surface area (Å²) in [7, 11) is 0. The van der Waals surface area contributed by atoms with E-state index in [2.05, 4.69) is 20.7 Å². The van der Waals surface area contributed by atoms with Crippen LogP contribution >= 0.6 is 0 Å². The van der Waals surface area contributed by atoms with Gasteiger partial charge in [-0.1, -0.05) is 25.7 Å². The van der Waals surface area contributed by atoms with Crippen LogP contribution in [-0.2, 0) is 0 Å². The van der Waals surface area contributed by atoms with Gasteiger partial charge in [0.05, 0.1) is 0 Å². The van der Waals surface area contributed by atoms with Crippen molar-refractivity contribution >= 4 is 16.9 Å². The molecule has 5 heteroatoms. The Hall–Kier alpha value is -1.91. The third-order valence-corrected chi connectivity index (χ3v) is 3.89. The van der Waals surface area contributed by atoms with Crippen molar-refractivity contribution < 1.29 is 4.79 Å². The fourth-order valence-corrected chi connectivity index (χ4v) is 2.77. The third kappa shape index (κ3) is 2.75. The molecular formula is C14H18N4O. The van der Waals surface area contributed by atoms with Crippen LogP contribution in [0.2, 0.25) is 0 Å². The number of carbonyl (C=O) groups is 1. The van der Waals surface area contributed by atoms with Crippen LogP contribution in [0, 0.1) is 5.92 Å². The fourth-order valence-electron chi connectivity index (χ4n) is 2.77. The first kappa shape index (κ1) is 12.1. The molecule has 1 aliphatic carbocycles. The lowest BCUT2D eigenvalue weighted by Crippen LogP contribution is -2.25. The predicted molar refractivity (Wildman–Crippen MR) is 72.8 cm³/mol. The summed E-state index contributed by atoms with van der Waals surface area (Å²) in [6.45, 7) is 0.764. The average Bonchev–Trinajstić information content (AvgIpc) is 3.08. The van der Waals surface area contributed by atoms with E-state index in [4.69, 9.17) is 0 Å². The molecule has 0 radical (unpaired) electrons. The van der Waals surface area contributed by atoms with Crippen molar-refractivity contribution in [1.82, 2.24) is 20.7 Å². The van der Waals surface area contributed by atoms with E-state index in [0.717, 1.165) is 29.9 Å². The molecule has 2 N–H and O–H groups in total. The van der Waals surface area contributed by atoms with Gasteiger partial charge in [0.1, 0.15) is 11.0 Å². The normalized spacial score (nSPS) is 16.0. The fraction of sp³-hybridized carbons (Fsp3) is 0.500. The molecule has 1 fully saturated rings. The molecule has 0 aliphatic heterocycles. The van der Waals surface area contributed by atoms with Gasteiger partial charge in [-0.05, 0) is 30.5 Å². The first-order valence-corrected chi connectivity index (χ1v) is 6.91. The lowest BCUT2D eigenvalue weighted by Gasteiger charge is -2.09. The lowest BCUT2D eigenvalue weighted by molar-refractivity contribution is 0.0951. The smallest absolute Gasteiger partial charge is 0.251 e. The van der Waals surface area contributed by atoms with Crippen LogP contribution in [0.25, 0.3) is 11.0 Å². The number of benzene rings is 1. The summed E-state index contributed by atoms with van der Waals surface area (Å²) >= 11 is 0. The molecule has 1 saturated carbocycles. The van der Waals surface area contributed by atoms with Crippen molar-refractivity contribution in [1.29, 1.82) is 0 Å². The molecule has 1 aliphatic rings. The van der Waals surface area contributed by atoms with Gasteiger partial charge in [0.2, 0.25) is 0 Å². The maximum absolute atomic E-state index is 12.0. The van der Waals surface area contributed by atoms with Crippen molar-refractivity contribution in [3.63, 3.8) is 0 Å². The van der Waals surface area contributed by atoms with Crippen LogP contribution in [0.3, 0.4) is 0 Å². The number of aromatic amines is 1. The van der Waals surface area contributed by atoms with Crippen molar-refractivity contribution in [2.75, 3.05) is 6.54 Å². The van der Waals surface area contributed by atoms with E-state index >= 15 is 0 Å². The maximum Gasteiger partial charge on any atom is 0.251 e. The number of fused-ring (bicyclic) bond motifs is 1. The third-order valence-electron chi connectivity index (χ3n) is 3.89. The van der Waals surface area contributed by atoms with E-state index < -0.39 is 0 Å². The van der Waals surface area contributed by atoms with Gasteiger partial charge in [-0.3, -0.25) is 4.79 Å². The SMILES string of the molecule is O=C(NCCC1CCCC1)c1ccc2n[nH]nc2c1. The molecule has 0 atom stereocenters. The minimum Gasteiger partial charge on any atom is -0.352 e. The van der Waals surface area contributed by atoms with E-state index in [1.807, 2.05) is 6.07 Å². The minimum atomic E-state index is -0.0251. The predicted octanol–water partition coefficient (Wildman–Crippen LogP) is 2.27. The van der Waals surface area contributed by atoms with Crippen LogP contribution in [0.15, 0.2) is 18.2 Å². The molecule has 0 saturated heterocycles. The van der Waals surface area contributed by atoms with Gasteiger partial charge in [-0.15, -0.1) is 0 Å². The Kier molecular flexibility index (Phi) is 3.44. The second-order valence-corrected chi connectivity index (χ2v) is 5.22. The highest BCUT2D eigenvalue weighted by Gasteiger charge is 2.15. The second-order valence-electron chi connectivity index (χ2n) is 5.22. The van der Waals surface area contributed by atoms with E-state index in [1.165, 1.54) is 25.7 Å². The molecule has 1 amide bonds. The zero-order chi connectivity index (χ0) is 13.1. The summed E-state index contributed by atoms with van der Waals surface area (Å²) in [5.41, 5.74) is 2.15. The Labute approximate surface area is 111 Å². The highest BCUT2D eigenvalue weighted by molar-refractivity contribution is 5.97. The number of carbonyl (C=O) groups excluding carboxylic acids is 1. The minimum absolute atomic E-state index is 0.0251. The molecule has 0 spiro atoms. The van der Waals surface area contributed by atoms with E-state index in [0.29, 0.717) is 5.56 Å². The summed E-state index contributed by atoms with van der Waals surface area (Å²) in [5.74, 6) is 0.779. The molecule has 1 aromatic carbocycles. The quantitative estimate of drug-likeness (QED) is 0.883. The molecular weight excluding hydrogens is 240 g/mol. The van der Waals surface area contributed by atoms with Crippen LogP contribution in [0.5, 0.6) is 0 Å². The summed E-state index contributed by atoms with van der Waals surface area (Å²) in [6.07, 6.45) is 6.43. The number of nitrogens with one attached hydrogen (secondary N) is 2. The number of nitrogens with zero attached hydrogens (tertiary/aromatic N) is 2. The summed E-state index contributed by atoms with van der Waals surface area (Å²) in [6, 6.07) is 5.37. The van der Waals surface area contributed by atoms with Crippen molar-refractivity contribution in [3.8, 4) is 0 Å². The largest absolute Gasteiger partial charge is 0.352 e. The zero-order valence-electron chi connectivity index (χ0n) is 10.9. The molecule has 2 aromatic rings. The van der Waals surface area contributed by atoms with E-state index in [9.17, 15) is 4.79 Å². The Balaban J connectivity index is 1.56. The number of aromatic nitrogens is 3. The Morgan fingerprint density at radius 2 is 2.05 bits per heavy atom. The van der Waals surface area contributed by atoms with Crippen LogP contribution in [0.4, 0.5) is 0 Å². The molecule has 1 aromatic heterocycles. The van der Waals surface area contributed by atoms with E-state index in [1.54, 1.807) is 12.1 Å². The maximum atomic E-state index is 12.0. The first-order chi connectivity index (χ1) is 9.33. The monoisotopic (exact) mass is 258 g/mol. The van der Waals surface area contributed by atoms with Gasteiger partial charge in [0.15, 0.2) is 0 Å². The highest BCUT2D eigenvalue weighted by Crippen LogP contribution is 2.26. The highest BCUT2D eigenvalue weighted by atomic mass is 16.1. The average molecular weight is 258 g/mol. The summed E-state index contributed by atoms with van der Waals surface area (Å²) in [5, 5.41) is 13.5. The van der Waals surface area contributed by atoms with Gasteiger partial charge in [0.25, 0.3) is 5.91 Å². The zero-order valence-corrected chi connectivity index (χ0v) is 10.9. The van der Waals surface area contributed by atoms with Crippen LogP contribution < -0.4 is 5.32 Å². The van der Waals surface area contributed by atoms with Crippen LogP contribution in [-0.4, -0.2) is 27.9 Å². The number of hydrogen-bond donors (Lipinski definition) is 2. The first-order valence-electron chi connectivity index (χ1n) is 6.91. The molecule has 5 nitrogen and oxygen atoms in total. The van der Waals surface area contributed by atoms with Gasteiger partial charge in [-0.25, -0.2) is 0 Å². The van der Waals surface area contributed by atoms with Gasteiger partial charge in [0, 0.05) is 12.1 Å². The number of hydrogen-bond acceptors (Lipinski definition) is 3. The molecule has 19 heavy (non-hydrogen) atoms. The number of rotatable bonds is 4.